The molecule has 110 valence electrons. The van der Waals surface area contributed by atoms with Gasteiger partial charge in [-0.25, -0.2) is 4.98 Å². The molecule has 5 nitrogen and oxygen atoms in total. The van der Waals surface area contributed by atoms with Gasteiger partial charge in [0.2, 0.25) is 0 Å². The van der Waals surface area contributed by atoms with Crippen LogP contribution in [0, 0.1) is 5.92 Å². The van der Waals surface area contributed by atoms with Gasteiger partial charge < -0.3 is 15.2 Å². The van der Waals surface area contributed by atoms with E-state index in [-0.39, 0.29) is 5.56 Å². The van der Waals surface area contributed by atoms with Crippen LogP contribution in [0.4, 0.5) is 5.82 Å². The number of hydrogen-bond donors (Lipinski definition) is 2. The predicted molar refractivity (Wildman–Crippen MR) is 80.3 cm³/mol. The molecule has 0 bridgehead atoms. The summed E-state index contributed by atoms with van der Waals surface area (Å²) in [5.41, 5.74) is -0.00771. The van der Waals surface area contributed by atoms with Gasteiger partial charge in [0.25, 0.3) is 5.56 Å². The topological polar surface area (TPSA) is 61.0 Å². The molecular weight excluding hydrogens is 252 g/mol. The molecule has 1 aliphatic heterocycles. The lowest BCUT2D eigenvalue weighted by atomic mass is 9.97. The van der Waals surface area contributed by atoms with E-state index in [4.69, 9.17) is 0 Å². The van der Waals surface area contributed by atoms with Crippen LogP contribution in [0.15, 0.2) is 10.9 Å². The minimum Gasteiger partial charge on any atom is -0.356 e. The van der Waals surface area contributed by atoms with Gasteiger partial charge in [-0.3, -0.25) is 4.79 Å². The summed E-state index contributed by atoms with van der Waals surface area (Å²) < 4.78 is 0. The molecule has 0 unspecified atom stereocenters. The van der Waals surface area contributed by atoms with Crippen molar-refractivity contribution in [3.63, 3.8) is 0 Å². The zero-order valence-electron chi connectivity index (χ0n) is 12.2. The van der Waals surface area contributed by atoms with Crippen molar-refractivity contribution in [1.82, 2.24) is 15.3 Å². The fourth-order valence-electron chi connectivity index (χ4n) is 2.89. The standard InChI is InChI=1S/C15H24N4O/c1-2-16-10-11-5-7-19(8-6-11)13-9-14(20)18-15(17-13)12-3-4-12/h9,11-12,16H,2-8,10H2,1H3,(H,17,18,20). The molecule has 1 aromatic heterocycles. The number of hydrogen-bond acceptors (Lipinski definition) is 4. The summed E-state index contributed by atoms with van der Waals surface area (Å²) in [5.74, 6) is 3.02. The number of nitrogens with zero attached hydrogens (tertiary/aromatic N) is 2. The Hall–Kier alpha value is -1.36. The van der Waals surface area contributed by atoms with E-state index >= 15 is 0 Å². The summed E-state index contributed by atoms with van der Waals surface area (Å²) in [6.45, 7) is 6.32. The smallest absolute Gasteiger partial charge is 0.252 e. The average molecular weight is 276 g/mol. The molecule has 1 aromatic rings. The molecule has 1 saturated heterocycles. The molecule has 2 heterocycles. The second-order valence-corrected chi connectivity index (χ2v) is 6.00. The Morgan fingerprint density at radius 2 is 2.10 bits per heavy atom. The van der Waals surface area contributed by atoms with Gasteiger partial charge >= 0.3 is 0 Å². The summed E-state index contributed by atoms with van der Waals surface area (Å²) in [7, 11) is 0. The van der Waals surface area contributed by atoms with Gasteiger partial charge in [-0.15, -0.1) is 0 Å². The summed E-state index contributed by atoms with van der Waals surface area (Å²) in [6.07, 6.45) is 4.69. The van der Waals surface area contributed by atoms with Gasteiger partial charge in [0.15, 0.2) is 0 Å². The quantitative estimate of drug-likeness (QED) is 0.855. The number of aromatic nitrogens is 2. The summed E-state index contributed by atoms with van der Waals surface area (Å²) in [5, 5.41) is 3.42. The highest BCUT2D eigenvalue weighted by atomic mass is 16.1. The molecule has 20 heavy (non-hydrogen) atoms. The van der Waals surface area contributed by atoms with Gasteiger partial charge in [-0.05, 0) is 44.7 Å². The van der Waals surface area contributed by atoms with Crippen LogP contribution in [0.1, 0.15) is 44.3 Å². The fraction of sp³-hybridized carbons (Fsp3) is 0.733. The first kappa shape index (κ1) is 13.6. The molecule has 5 heteroatoms. The third-order valence-electron chi connectivity index (χ3n) is 4.33. The van der Waals surface area contributed by atoms with E-state index < -0.39 is 0 Å². The molecule has 0 atom stereocenters. The Bertz CT molecular complexity index is 501. The molecule has 2 fully saturated rings. The minimum absolute atomic E-state index is 0.00771. The van der Waals surface area contributed by atoms with Gasteiger partial charge in [-0.1, -0.05) is 6.92 Å². The molecule has 2 N–H and O–H groups in total. The monoisotopic (exact) mass is 276 g/mol. The zero-order chi connectivity index (χ0) is 13.9. The van der Waals surface area contributed by atoms with Crippen molar-refractivity contribution >= 4 is 5.82 Å². The van der Waals surface area contributed by atoms with Crippen molar-refractivity contribution in [2.75, 3.05) is 31.1 Å². The molecule has 0 amide bonds. The van der Waals surface area contributed by atoms with Crippen molar-refractivity contribution < 1.29 is 0 Å². The van der Waals surface area contributed by atoms with Crippen LogP contribution in [0.25, 0.3) is 0 Å². The number of rotatable bonds is 5. The lowest BCUT2D eigenvalue weighted by Crippen LogP contribution is -2.38. The maximum absolute atomic E-state index is 11.8. The Morgan fingerprint density at radius 1 is 1.35 bits per heavy atom. The number of piperidine rings is 1. The van der Waals surface area contributed by atoms with E-state index in [1.165, 1.54) is 12.8 Å². The van der Waals surface area contributed by atoms with Crippen LogP contribution in [0.5, 0.6) is 0 Å². The number of H-pyrrole nitrogens is 1. The van der Waals surface area contributed by atoms with Gasteiger partial charge in [0.1, 0.15) is 11.6 Å². The molecule has 0 spiro atoms. The Kier molecular flexibility index (Phi) is 4.05. The summed E-state index contributed by atoms with van der Waals surface area (Å²) in [4.78, 5) is 21.6. The second kappa shape index (κ2) is 5.95. The van der Waals surface area contributed by atoms with Crippen molar-refractivity contribution in [3.05, 3.63) is 22.2 Å². The van der Waals surface area contributed by atoms with Crippen LogP contribution in [0.2, 0.25) is 0 Å². The van der Waals surface area contributed by atoms with Crippen molar-refractivity contribution in [2.45, 2.75) is 38.5 Å². The highest BCUT2D eigenvalue weighted by Crippen LogP contribution is 2.38. The second-order valence-electron chi connectivity index (χ2n) is 6.00. The van der Waals surface area contributed by atoms with E-state index in [1.807, 2.05) is 0 Å². The van der Waals surface area contributed by atoms with Crippen LogP contribution in [-0.4, -0.2) is 36.1 Å². The number of anilines is 1. The van der Waals surface area contributed by atoms with E-state index in [0.717, 1.165) is 56.6 Å². The van der Waals surface area contributed by atoms with Crippen LogP contribution in [0.3, 0.4) is 0 Å². The van der Waals surface area contributed by atoms with Crippen molar-refractivity contribution in [3.8, 4) is 0 Å². The summed E-state index contributed by atoms with van der Waals surface area (Å²) >= 11 is 0. The Balaban J connectivity index is 1.64. The molecule has 0 aromatic carbocycles. The van der Waals surface area contributed by atoms with Crippen LogP contribution in [-0.2, 0) is 0 Å². The SMILES string of the molecule is CCNCC1CCN(c2cc(=O)[nH]c(C3CC3)n2)CC1. The highest BCUT2D eigenvalue weighted by Gasteiger charge is 2.27. The predicted octanol–water partition coefficient (Wildman–Crippen LogP) is 1.47. The molecule has 1 saturated carbocycles. The first-order valence-electron chi connectivity index (χ1n) is 7.83. The lowest BCUT2D eigenvalue weighted by Gasteiger charge is -2.32. The van der Waals surface area contributed by atoms with E-state index in [1.54, 1.807) is 6.07 Å². The minimum atomic E-state index is -0.00771. The van der Waals surface area contributed by atoms with Crippen molar-refractivity contribution in [1.29, 1.82) is 0 Å². The van der Waals surface area contributed by atoms with Crippen LogP contribution >= 0.6 is 0 Å². The highest BCUT2D eigenvalue weighted by molar-refractivity contribution is 5.38. The Labute approximate surface area is 119 Å². The lowest BCUT2D eigenvalue weighted by molar-refractivity contribution is 0.385. The normalized spacial score (nSPS) is 20.4. The van der Waals surface area contributed by atoms with Gasteiger partial charge in [-0.2, -0.15) is 0 Å². The number of nitrogens with one attached hydrogen (secondary N) is 2. The van der Waals surface area contributed by atoms with Crippen LogP contribution < -0.4 is 15.8 Å². The van der Waals surface area contributed by atoms with E-state index in [2.05, 4.69) is 27.1 Å². The molecule has 0 radical (unpaired) electrons. The zero-order valence-corrected chi connectivity index (χ0v) is 12.2. The van der Waals surface area contributed by atoms with E-state index in [0.29, 0.717) is 5.92 Å². The Morgan fingerprint density at radius 3 is 2.75 bits per heavy atom. The maximum atomic E-state index is 11.8. The third-order valence-corrected chi connectivity index (χ3v) is 4.33. The molecule has 3 rings (SSSR count). The van der Waals surface area contributed by atoms with E-state index in [9.17, 15) is 4.79 Å². The van der Waals surface area contributed by atoms with Crippen molar-refractivity contribution in [2.24, 2.45) is 5.92 Å². The fourth-order valence-corrected chi connectivity index (χ4v) is 2.89. The number of aromatic amines is 1. The van der Waals surface area contributed by atoms with Gasteiger partial charge in [0.05, 0.1) is 0 Å². The average Bonchev–Trinajstić information content (AvgIpc) is 3.29. The molecular formula is C15H24N4O. The first-order valence-corrected chi connectivity index (χ1v) is 7.83. The largest absolute Gasteiger partial charge is 0.356 e. The van der Waals surface area contributed by atoms with Gasteiger partial charge in [0, 0.05) is 25.1 Å². The molecule has 1 aliphatic carbocycles. The molecule has 2 aliphatic rings. The first-order chi connectivity index (χ1) is 9.76. The summed E-state index contributed by atoms with van der Waals surface area (Å²) in [6, 6.07) is 1.65. The third kappa shape index (κ3) is 3.20. The maximum Gasteiger partial charge on any atom is 0.252 e.